The van der Waals surface area contributed by atoms with Gasteiger partial charge in [0.2, 0.25) is 5.91 Å². The van der Waals surface area contributed by atoms with Crippen molar-refractivity contribution in [3.63, 3.8) is 0 Å². The molecule has 0 saturated carbocycles. The maximum Gasteiger partial charge on any atom is 0.241 e. The van der Waals surface area contributed by atoms with Gasteiger partial charge in [0.1, 0.15) is 5.75 Å². The topological polar surface area (TPSA) is 88.1 Å². The van der Waals surface area contributed by atoms with Crippen LogP contribution in [0.3, 0.4) is 0 Å². The molecule has 0 spiro atoms. The maximum absolute atomic E-state index is 11.9. The first-order chi connectivity index (χ1) is 9.12. The third-order valence-corrected chi connectivity index (χ3v) is 3.20. The molecule has 1 atom stereocenters. The van der Waals surface area contributed by atoms with Gasteiger partial charge in [0, 0.05) is 6.07 Å². The zero-order chi connectivity index (χ0) is 14.3. The van der Waals surface area contributed by atoms with Crippen LogP contribution in [-0.4, -0.2) is 31.1 Å². The van der Waals surface area contributed by atoms with E-state index in [1.54, 1.807) is 30.0 Å². The molecule has 6 heteroatoms. The third-order valence-electron chi connectivity index (χ3n) is 2.56. The molecule has 0 radical (unpaired) electrons. The van der Waals surface area contributed by atoms with Gasteiger partial charge < -0.3 is 15.8 Å². The van der Waals surface area contributed by atoms with E-state index in [9.17, 15) is 4.79 Å². The SMILES string of the molecule is COc1cc(C#N)ccc1NC(=O)[C@H](N)CCSC. The standard InChI is InChI=1S/C13H17N3O2S/c1-18-12-7-9(8-14)3-4-11(12)16-13(17)10(15)5-6-19-2/h3-4,7,10H,5-6,15H2,1-2H3,(H,16,17)/t10-/m1/s1. The number of thioether (sulfide) groups is 1. The summed E-state index contributed by atoms with van der Waals surface area (Å²) >= 11 is 1.65. The number of nitrogens with two attached hydrogens (primary N) is 1. The van der Waals surface area contributed by atoms with Crippen LogP contribution in [0.25, 0.3) is 0 Å². The van der Waals surface area contributed by atoms with Crippen LogP contribution in [0.1, 0.15) is 12.0 Å². The molecule has 0 aliphatic rings. The normalized spacial score (nSPS) is 11.5. The first-order valence-electron chi connectivity index (χ1n) is 5.76. The molecule has 0 aliphatic heterocycles. The van der Waals surface area contributed by atoms with E-state index in [1.807, 2.05) is 12.3 Å². The molecule has 0 saturated heterocycles. The second-order valence-corrected chi connectivity index (χ2v) is 4.89. The molecular formula is C13H17N3O2S. The predicted molar refractivity (Wildman–Crippen MR) is 77.3 cm³/mol. The highest BCUT2D eigenvalue weighted by Crippen LogP contribution is 2.25. The van der Waals surface area contributed by atoms with Crippen molar-refractivity contribution in [1.82, 2.24) is 0 Å². The molecule has 0 fully saturated rings. The van der Waals surface area contributed by atoms with Crippen molar-refractivity contribution < 1.29 is 9.53 Å². The quantitative estimate of drug-likeness (QED) is 0.825. The molecule has 1 aromatic carbocycles. The lowest BCUT2D eigenvalue weighted by Crippen LogP contribution is -2.36. The molecular weight excluding hydrogens is 262 g/mol. The number of amides is 1. The van der Waals surface area contributed by atoms with E-state index < -0.39 is 6.04 Å². The summed E-state index contributed by atoms with van der Waals surface area (Å²) in [5.41, 5.74) is 6.77. The highest BCUT2D eigenvalue weighted by Gasteiger charge is 2.15. The van der Waals surface area contributed by atoms with Crippen molar-refractivity contribution in [2.24, 2.45) is 5.73 Å². The Balaban J connectivity index is 2.76. The lowest BCUT2D eigenvalue weighted by Gasteiger charge is -2.14. The minimum Gasteiger partial charge on any atom is -0.495 e. The molecule has 1 rings (SSSR count). The van der Waals surface area contributed by atoms with Gasteiger partial charge in [-0.3, -0.25) is 4.79 Å². The Morgan fingerprint density at radius 1 is 1.63 bits per heavy atom. The summed E-state index contributed by atoms with van der Waals surface area (Å²) in [6.07, 6.45) is 2.58. The molecule has 0 aromatic heterocycles. The van der Waals surface area contributed by atoms with Crippen LogP contribution < -0.4 is 15.8 Å². The van der Waals surface area contributed by atoms with Crippen molar-refractivity contribution in [2.45, 2.75) is 12.5 Å². The molecule has 5 nitrogen and oxygen atoms in total. The molecule has 19 heavy (non-hydrogen) atoms. The van der Waals surface area contributed by atoms with Gasteiger partial charge in [-0.25, -0.2) is 0 Å². The number of carbonyl (C=O) groups is 1. The number of nitriles is 1. The number of carbonyl (C=O) groups excluding carboxylic acids is 1. The largest absolute Gasteiger partial charge is 0.495 e. The van der Waals surface area contributed by atoms with Gasteiger partial charge in [0.05, 0.1) is 30.5 Å². The van der Waals surface area contributed by atoms with E-state index in [2.05, 4.69) is 5.32 Å². The van der Waals surface area contributed by atoms with Gasteiger partial charge in [-0.15, -0.1) is 0 Å². The number of benzene rings is 1. The van der Waals surface area contributed by atoms with Gasteiger partial charge >= 0.3 is 0 Å². The number of methoxy groups -OCH3 is 1. The van der Waals surface area contributed by atoms with E-state index in [4.69, 9.17) is 15.7 Å². The van der Waals surface area contributed by atoms with Crippen LogP contribution in [0.4, 0.5) is 5.69 Å². The number of anilines is 1. The predicted octanol–water partition coefficient (Wildman–Crippen LogP) is 1.59. The lowest BCUT2D eigenvalue weighted by molar-refractivity contribution is -0.117. The summed E-state index contributed by atoms with van der Waals surface area (Å²) in [5, 5.41) is 11.5. The number of hydrogen-bond acceptors (Lipinski definition) is 5. The van der Waals surface area contributed by atoms with Gasteiger partial charge in [-0.2, -0.15) is 17.0 Å². The third kappa shape index (κ3) is 4.47. The molecule has 1 amide bonds. The molecule has 102 valence electrons. The van der Waals surface area contributed by atoms with Crippen LogP contribution in [0, 0.1) is 11.3 Å². The van der Waals surface area contributed by atoms with Crippen molar-refractivity contribution in [2.75, 3.05) is 24.4 Å². The minimum absolute atomic E-state index is 0.253. The summed E-state index contributed by atoms with van der Waals surface area (Å²) in [7, 11) is 1.49. The van der Waals surface area contributed by atoms with Crippen molar-refractivity contribution in [3.8, 4) is 11.8 Å². The first kappa shape index (κ1) is 15.3. The van der Waals surface area contributed by atoms with Crippen LogP contribution in [-0.2, 0) is 4.79 Å². The summed E-state index contributed by atoms with van der Waals surface area (Å²) in [4.78, 5) is 11.9. The number of hydrogen-bond donors (Lipinski definition) is 2. The maximum atomic E-state index is 11.9. The number of nitrogens with one attached hydrogen (secondary N) is 1. The average Bonchev–Trinajstić information content (AvgIpc) is 2.44. The Bertz CT molecular complexity index is 485. The molecule has 0 aliphatic carbocycles. The number of nitrogens with zero attached hydrogens (tertiary/aromatic N) is 1. The van der Waals surface area contributed by atoms with E-state index >= 15 is 0 Å². The fourth-order valence-electron chi connectivity index (χ4n) is 1.47. The Labute approximate surface area is 117 Å². The second kappa shape index (κ2) is 7.67. The Kier molecular flexibility index (Phi) is 6.19. The highest BCUT2D eigenvalue weighted by molar-refractivity contribution is 7.98. The summed E-state index contributed by atoms with van der Waals surface area (Å²) < 4.78 is 5.14. The van der Waals surface area contributed by atoms with E-state index in [0.29, 0.717) is 23.4 Å². The summed E-state index contributed by atoms with van der Waals surface area (Å²) in [5.74, 6) is 1.03. The molecule has 3 N–H and O–H groups in total. The van der Waals surface area contributed by atoms with E-state index in [0.717, 1.165) is 5.75 Å². The average molecular weight is 279 g/mol. The van der Waals surface area contributed by atoms with Gasteiger partial charge in [0.15, 0.2) is 0 Å². The van der Waals surface area contributed by atoms with E-state index in [-0.39, 0.29) is 5.91 Å². The monoisotopic (exact) mass is 279 g/mol. The molecule has 1 aromatic rings. The summed E-state index contributed by atoms with van der Waals surface area (Å²) in [6, 6.07) is 6.29. The fraction of sp³-hybridized carbons (Fsp3) is 0.385. The van der Waals surface area contributed by atoms with Crippen LogP contribution >= 0.6 is 11.8 Å². The lowest BCUT2D eigenvalue weighted by atomic mass is 10.2. The van der Waals surface area contributed by atoms with Crippen LogP contribution in [0.5, 0.6) is 5.75 Å². The Morgan fingerprint density at radius 3 is 2.95 bits per heavy atom. The van der Waals surface area contributed by atoms with Crippen LogP contribution in [0.15, 0.2) is 18.2 Å². The molecule has 0 heterocycles. The van der Waals surface area contributed by atoms with Crippen molar-refractivity contribution in [3.05, 3.63) is 23.8 Å². The summed E-state index contributed by atoms with van der Waals surface area (Å²) in [6.45, 7) is 0. The van der Waals surface area contributed by atoms with Gasteiger partial charge in [0.25, 0.3) is 0 Å². The molecule has 0 bridgehead atoms. The fourth-order valence-corrected chi connectivity index (χ4v) is 1.96. The van der Waals surface area contributed by atoms with Crippen LogP contribution in [0.2, 0.25) is 0 Å². The highest BCUT2D eigenvalue weighted by atomic mass is 32.2. The zero-order valence-corrected chi connectivity index (χ0v) is 11.8. The van der Waals surface area contributed by atoms with E-state index in [1.165, 1.54) is 7.11 Å². The minimum atomic E-state index is -0.548. The Hall–Kier alpha value is -1.71. The first-order valence-corrected chi connectivity index (χ1v) is 7.15. The molecule has 0 unspecified atom stereocenters. The number of rotatable bonds is 6. The Morgan fingerprint density at radius 2 is 2.37 bits per heavy atom. The van der Waals surface area contributed by atoms with Crippen molar-refractivity contribution >= 4 is 23.4 Å². The zero-order valence-electron chi connectivity index (χ0n) is 11.0. The van der Waals surface area contributed by atoms with Crippen molar-refractivity contribution in [1.29, 1.82) is 5.26 Å². The number of ether oxygens (including phenoxy) is 1. The second-order valence-electron chi connectivity index (χ2n) is 3.90. The van der Waals surface area contributed by atoms with Gasteiger partial charge in [-0.1, -0.05) is 0 Å². The smallest absolute Gasteiger partial charge is 0.241 e. The van der Waals surface area contributed by atoms with Gasteiger partial charge in [-0.05, 0) is 30.6 Å².